The standard InChI is InChI=1S/C20H29N7O/c21-20(28)26-12-6-2-5-9-18(26)16-10-13-25(14-11-16)15-19-22-23-24-27(19)17-7-3-1-4-8-17/h1,3-4,7-8,16,18H,2,5-6,9-15H2,(H2,21,28)/t18-/m0/s1. The molecule has 2 aromatic rings. The van der Waals surface area contributed by atoms with E-state index in [1.807, 2.05) is 39.9 Å². The van der Waals surface area contributed by atoms with Crippen molar-refractivity contribution < 1.29 is 4.79 Å². The van der Waals surface area contributed by atoms with Crippen molar-refractivity contribution in [2.24, 2.45) is 11.7 Å². The maximum absolute atomic E-state index is 11.9. The molecular formula is C20H29N7O. The molecule has 2 fully saturated rings. The van der Waals surface area contributed by atoms with Crippen LogP contribution in [-0.2, 0) is 6.54 Å². The second kappa shape index (κ2) is 8.68. The van der Waals surface area contributed by atoms with E-state index in [0.29, 0.717) is 12.0 Å². The summed E-state index contributed by atoms with van der Waals surface area (Å²) in [4.78, 5) is 16.3. The van der Waals surface area contributed by atoms with E-state index in [4.69, 9.17) is 5.73 Å². The van der Waals surface area contributed by atoms with Crippen LogP contribution in [0.5, 0.6) is 0 Å². The number of carbonyl (C=O) groups excluding carboxylic acids is 1. The van der Waals surface area contributed by atoms with Crippen LogP contribution in [0, 0.1) is 5.92 Å². The van der Waals surface area contributed by atoms with Crippen molar-refractivity contribution in [2.75, 3.05) is 19.6 Å². The normalized spacial score (nSPS) is 22.1. The van der Waals surface area contributed by atoms with Crippen molar-refractivity contribution in [1.29, 1.82) is 0 Å². The van der Waals surface area contributed by atoms with Crippen molar-refractivity contribution in [3.05, 3.63) is 36.2 Å². The molecule has 8 heteroatoms. The van der Waals surface area contributed by atoms with Gasteiger partial charge < -0.3 is 10.6 Å². The lowest BCUT2D eigenvalue weighted by Gasteiger charge is -2.39. The molecule has 0 bridgehead atoms. The van der Waals surface area contributed by atoms with Gasteiger partial charge in [0.2, 0.25) is 0 Å². The summed E-state index contributed by atoms with van der Waals surface area (Å²) in [6, 6.07) is 10.0. The molecule has 0 unspecified atom stereocenters. The van der Waals surface area contributed by atoms with Gasteiger partial charge in [-0.15, -0.1) is 5.10 Å². The molecule has 0 aliphatic carbocycles. The fourth-order valence-corrected chi connectivity index (χ4v) is 4.67. The third-order valence-electron chi connectivity index (χ3n) is 6.16. The van der Waals surface area contributed by atoms with Gasteiger partial charge in [0.25, 0.3) is 0 Å². The fourth-order valence-electron chi connectivity index (χ4n) is 4.67. The van der Waals surface area contributed by atoms with Crippen LogP contribution in [0.25, 0.3) is 5.69 Å². The number of amides is 2. The molecule has 0 saturated carbocycles. The first-order chi connectivity index (χ1) is 13.7. The molecule has 1 atom stereocenters. The number of carbonyl (C=O) groups is 1. The zero-order chi connectivity index (χ0) is 19.3. The summed E-state index contributed by atoms with van der Waals surface area (Å²) in [5, 5.41) is 12.3. The Balaban J connectivity index is 1.37. The first kappa shape index (κ1) is 18.9. The number of primary amides is 1. The van der Waals surface area contributed by atoms with Crippen LogP contribution in [0.3, 0.4) is 0 Å². The van der Waals surface area contributed by atoms with E-state index in [2.05, 4.69) is 20.4 Å². The van der Waals surface area contributed by atoms with Crippen molar-refractivity contribution in [2.45, 2.75) is 51.1 Å². The van der Waals surface area contributed by atoms with Crippen LogP contribution in [0.1, 0.15) is 44.3 Å². The average Bonchev–Trinajstić information content (AvgIpc) is 3.03. The van der Waals surface area contributed by atoms with Crippen LogP contribution in [-0.4, -0.2) is 61.7 Å². The smallest absolute Gasteiger partial charge is 0.315 e. The molecule has 2 amide bonds. The second-order valence-corrected chi connectivity index (χ2v) is 7.90. The summed E-state index contributed by atoms with van der Waals surface area (Å²) in [7, 11) is 0. The fraction of sp³-hybridized carbons (Fsp3) is 0.600. The number of aromatic nitrogens is 4. The molecule has 1 aromatic carbocycles. The third kappa shape index (κ3) is 4.16. The van der Waals surface area contributed by atoms with Gasteiger partial charge >= 0.3 is 6.03 Å². The monoisotopic (exact) mass is 383 g/mol. The number of hydrogen-bond acceptors (Lipinski definition) is 5. The Hall–Kier alpha value is -2.48. The number of rotatable bonds is 4. The molecule has 8 nitrogen and oxygen atoms in total. The first-order valence-corrected chi connectivity index (χ1v) is 10.3. The highest BCUT2D eigenvalue weighted by molar-refractivity contribution is 5.72. The van der Waals surface area contributed by atoms with E-state index in [0.717, 1.165) is 63.4 Å². The highest BCUT2D eigenvalue weighted by atomic mass is 16.2. The number of hydrogen-bond donors (Lipinski definition) is 1. The number of likely N-dealkylation sites (tertiary alicyclic amines) is 2. The number of piperidine rings is 1. The number of para-hydroxylation sites is 1. The molecule has 3 heterocycles. The molecule has 2 N–H and O–H groups in total. The van der Waals surface area contributed by atoms with Gasteiger partial charge in [0, 0.05) is 12.6 Å². The number of tetrazole rings is 1. The summed E-state index contributed by atoms with van der Waals surface area (Å²) in [6.45, 7) is 3.54. The highest BCUT2D eigenvalue weighted by Gasteiger charge is 2.33. The van der Waals surface area contributed by atoms with E-state index in [1.165, 1.54) is 12.8 Å². The SMILES string of the molecule is NC(=O)N1CCCCC[C@H]1C1CCN(Cc2nnnn2-c2ccccc2)CC1. The van der Waals surface area contributed by atoms with Crippen LogP contribution in [0.4, 0.5) is 4.79 Å². The minimum absolute atomic E-state index is 0.253. The number of nitrogens with zero attached hydrogens (tertiary/aromatic N) is 6. The second-order valence-electron chi connectivity index (χ2n) is 7.90. The lowest BCUT2D eigenvalue weighted by atomic mass is 9.86. The maximum Gasteiger partial charge on any atom is 0.315 e. The van der Waals surface area contributed by atoms with Crippen LogP contribution in [0.15, 0.2) is 30.3 Å². The lowest BCUT2D eigenvalue weighted by Crippen LogP contribution is -2.49. The summed E-state index contributed by atoms with van der Waals surface area (Å²) in [5.74, 6) is 1.39. The van der Waals surface area contributed by atoms with Gasteiger partial charge in [-0.1, -0.05) is 31.0 Å². The molecule has 2 aliphatic rings. The molecule has 28 heavy (non-hydrogen) atoms. The molecule has 2 saturated heterocycles. The van der Waals surface area contributed by atoms with Gasteiger partial charge in [0.15, 0.2) is 5.82 Å². The number of nitrogens with two attached hydrogens (primary N) is 1. The first-order valence-electron chi connectivity index (χ1n) is 10.3. The van der Waals surface area contributed by atoms with E-state index >= 15 is 0 Å². The molecule has 150 valence electrons. The van der Waals surface area contributed by atoms with Crippen molar-refractivity contribution in [3.8, 4) is 5.69 Å². The number of urea groups is 1. The van der Waals surface area contributed by atoms with Crippen LogP contribution in [0.2, 0.25) is 0 Å². The molecular weight excluding hydrogens is 354 g/mol. The summed E-state index contributed by atoms with van der Waals surface area (Å²) in [6.07, 6.45) is 6.71. The molecule has 0 spiro atoms. The Kier molecular flexibility index (Phi) is 5.85. The van der Waals surface area contributed by atoms with Gasteiger partial charge in [0.05, 0.1) is 12.2 Å². The highest BCUT2D eigenvalue weighted by Crippen LogP contribution is 2.30. The largest absolute Gasteiger partial charge is 0.351 e. The van der Waals surface area contributed by atoms with Crippen LogP contribution >= 0.6 is 0 Å². The Morgan fingerprint density at radius 3 is 2.57 bits per heavy atom. The Morgan fingerprint density at radius 1 is 1.04 bits per heavy atom. The molecule has 0 radical (unpaired) electrons. The maximum atomic E-state index is 11.9. The Morgan fingerprint density at radius 2 is 1.82 bits per heavy atom. The van der Waals surface area contributed by atoms with E-state index in [9.17, 15) is 4.79 Å². The van der Waals surface area contributed by atoms with Gasteiger partial charge in [0.1, 0.15) is 0 Å². The lowest BCUT2D eigenvalue weighted by molar-refractivity contribution is 0.1000. The van der Waals surface area contributed by atoms with E-state index in [1.54, 1.807) is 0 Å². The van der Waals surface area contributed by atoms with Gasteiger partial charge in [-0.25, -0.2) is 4.79 Å². The molecule has 1 aromatic heterocycles. The van der Waals surface area contributed by atoms with Crippen LogP contribution < -0.4 is 5.73 Å². The Bertz CT molecular complexity index is 770. The third-order valence-corrected chi connectivity index (χ3v) is 6.16. The summed E-state index contributed by atoms with van der Waals surface area (Å²) >= 11 is 0. The van der Waals surface area contributed by atoms with Crippen molar-refractivity contribution >= 4 is 6.03 Å². The Labute approximate surface area is 165 Å². The topological polar surface area (TPSA) is 93.2 Å². The minimum Gasteiger partial charge on any atom is -0.351 e. The molecule has 4 rings (SSSR count). The van der Waals surface area contributed by atoms with E-state index < -0.39 is 0 Å². The average molecular weight is 384 g/mol. The van der Waals surface area contributed by atoms with Crippen molar-refractivity contribution in [3.63, 3.8) is 0 Å². The van der Waals surface area contributed by atoms with Gasteiger partial charge in [-0.2, -0.15) is 4.68 Å². The van der Waals surface area contributed by atoms with Gasteiger partial charge in [-0.05, 0) is 67.3 Å². The minimum atomic E-state index is -0.253. The zero-order valence-corrected chi connectivity index (χ0v) is 16.3. The predicted molar refractivity (Wildman–Crippen MR) is 106 cm³/mol. The van der Waals surface area contributed by atoms with E-state index in [-0.39, 0.29) is 6.03 Å². The van der Waals surface area contributed by atoms with Gasteiger partial charge in [-0.3, -0.25) is 4.90 Å². The molecule has 2 aliphatic heterocycles. The number of benzene rings is 1. The van der Waals surface area contributed by atoms with Crippen molar-refractivity contribution in [1.82, 2.24) is 30.0 Å². The quantitative estimate of drug-likeness (QED) is 0.874. The summed E-state index contributed by atoms with van der Waals surface area (Å²) < 4.78 is 1.81. The predicted octanol–water partition coefficient (Wildman–Crippen LogP) is 2.20. The summed E-state index contributed by atoms with van der Waals surface area (Å²) in [5.41, 5.74) is 6.65. The zero-order valence-electron chi connectivity index (χ0n) is 16.3.